The van der Waals surface area contributed by atoms with Crippen LogP contribution in [-0.2, 0) is 4.74 Å². The second-order valence-electron chi connectivity index (χ2n) is 5.58. The zero-order chi connectivity index (χ0) is 12.1. The lowest BCUT2D eigenvalue weighted by molar-refractivity contribution is 0.0284. The Balaban J connectivity index is 0.00000162. The average Bonchev–Trinajstić information content (AvgIpc) is 2.76. The molecule has 0 radical (unpaired) electrons. The molecule has 0 aromatic heterocycles. The second-order valence-corrected chi connectivity index (χ2v) is 5.58. The lowest BCUT2D eigenvalue weighted by Gasteiger charge is -2.24. The molecule has 1 heterocycles. The zero-order valence-corrected chi connectivity index (χ0v) is 13.6. The standard InChI is InChI=1S/C13H25N3O.HI/c1-13(8-5-9-17-13)10-15-12(14)16-11-6-3-2-4-7-11;/h11H,2-10H2,1H3,(H3,14,15,16);1H. The van der Waals surface area contributed by atoms with E-state index in [1.165, 1.54) is 32.1 Å². The van der Waals surface area contributed by atoms with E-state index < -0.39 is 0 Å². The third-order valence-corrected chi connectivity index (χ3v) is 3.84. The molecule has 18 heavy (non-hydrogen) atoms. The van der Waals surface area contributed by atoms with Gasteiger partial charge in [-0.1, -0.05) is 19.3 Å². The Hall–Kier alpha value is -0.0400. The number of hydrogen-bond donors (Lipinski definition) is 2. The largest absolute Gasteiger partial charge is 0.373 e. The lowest BCUT2D eigenvalue weighted by atomic mass is 9.96. The predicted octanol–water partition coefficient (Wildman–Crippen LogP) is 2.41. The Labute approximate surface area is 127 Å². The molecule has 4 nitrogen and oxygen atoms in total. The minimum Gasteiger partial charge on any atom is -0.373 e. The lowest BCUT2D eigenvalue weighted by Crippen LogP contribution is -2.42. The third kappa shape index (κ3) is 4.91. The number of halogens is 1. The summed E-state index contributed by atoms with van der Waals surface area (Å²) in [6, 6.07) is 0.532. The molecule has 2 aliphatic rings. The van der Waals surface area contributed by atoms with Crippen molar-refractivity contribution < 1.29 is 4.74 Å². The van der Waals surface area contributed by atoms with Crippen LogP contribution in [0.25, 0.3) is 0 Å². The first kappa shape index (κ1) is 16.0. The van der Waals surface area contributed by atoms with E-state index >= 15 is 0 Å². The van der Waals surface area contributed by atoms with E-state index in [1.807, 2.05) is 0 Å². The molecule has 2 rings (SSSR count). The van der Waals surface area contributed by atoms with E-state index in [4.69, 9.17) is 10.5 Å². The molecule has 1 saturated heterocycles. The summed E-state index contributed by atoms with van der Waals surface area (Å²) in [6.07, 6.45) is 8.67. The maximum absolute atomic E-state index is 5.92. The van der Waals surface area contributed by atoms with E-state index in [0.29, 0.717) is 18.5 Å². The van der Waals surface area contributed by atoms with Crippen LogP contribution in [0.5, 0.6) is 0 Å². The molecular formula is C13H26IN3O. The molecule has 1 atom stereocenters. The molecule has 0 aromatic carbocycles. The van der Waals surface area contributed by atoms with Gasteiger partial charge >= 0.3 is 0 Å². The van der Waals surface area contributed by atoms with Gasteiger partial charge in [0.25, 0.3) is 0 Å². The van der Waals surface area contributed by atoms with Crippen LogP contribution in [-0.4, -0.2) is 30.8 Å². The van der Waals surface area contributed by atoms with Gasteiger partial charge in [-0.15, -0.1) is 24.0 Å². The van der Waals surface area contributed by atoms with Crippen LogP contribution in [0.15, 0.2) is 4.99 Å². The SMILES string of the molecule is CC1(CN=C(N)NC2CCCCC2)CCCO1.I. The molecule has 0 spiro atoms. The highest BCUT2D eigenvalue weighted by Gasteiger charge is 2.29. The third-order valence-electron chi connectivity index (χ3n) is 3.84. The Kier molecular flexibility index (Phi) is 6.70. The normalized spacial score (nSPS) is 29.9. The fraction of sp³-hybridized carbons (Fsp3) is 0.923. The van der Waals surface area contributed by atoms with E-state index in [1.54, 1.807) is 0 Å². The second kappa shape index (κ2) is 7.53. The molecule has 1 saturated carbocycles. The summed E-state index contributed by atoms with van der Waals surface area (Å²) >= 11 is 0. The van der Waals surface area contributed by atoms with Crippen LogP contribution in [0.1, 0.15) is 51.9 Å². The molecule has 1 aliphatic carbocycles. The maximum Gasteiger partial charge on any atom is 0.188 e. The minimum atomic E-state index is -0.0845. The summed E-state index contributed by atoms with van der Waals surface area (Å²) in [7, 11) is 0. The van der Waals surface area contributed by atoms with Gasteiger partial charge in [0.05, 0.1) is 12.1 Å². The van der Waals surface area contributed by atoms with E-state index in [2.05, 4.69) is 17.2 Å². The molecule has 1 unspecified atom stereocenters. The summed E-state index contributed by atoms with van der Waals surface area (Å²) in [5.41, 5.74) is 5.84. The Morgan fingerprint density at radius 3 is 2.67 bits per heavy atom. The Bertz CT molecular complexity index is 271. The molecular weight excluding hydrogens is 341 g/mol. The van der Waals surface area contributed by atoms with Gasteiger partial charge in [0, 0.05) is 12.6 Å². The van der Waals surface area contributed by atoms with Gasteiger partial charge in [-0.2, -0.15) is 0 Å². The summed E-state index contributed by atoms with van der Waals surface area (Å²) < 4.78 is 5.69. The highest BCUT2D eigenvalue weighted by molar-refractivity contribution is 14.0. The molecule has 5 heteroatoms. The summed E-state index contributed by atoms with van der Waals surface area (Å²) in [6.45, 7) is 3.66. The predicted molar refractivity (Wildman–Crippen MR) is 85.5 cm³/mol. The van der Waals surface area contributed by atoms with Gasteiger partial charge in [0.1, 0.15) is 0 Å². The average molecular weight is 367 g/mol. The van der Waals surface area contributed by atoms with Crippen molar-refractivity contribution in [1.82, 2.24) is 5.32 Å². The zero-order valence-electron chi connectivity index (χ0n) is 11.3. The summed E-state index contributed by atoms with van der Waals surface area (Å²) in [5.74, 6) is 0.591. The van der Waals surface area contributed by atoms with Crippen LogP contribution < -0.4 is 11.1 Å². The number of nitrogens with two attached hydrogens (primary N) is 1. The highest BCUT2D eigenvalue weighted by atomic mass is 127. The molecule has 0 aromatic rings. The molecule has 106 valence electrons. The highest BCUT2D eigenvalue weighted by Crippen LogP contribution is 2.25. The van der Waals surface area contributed by atoms with Crippen molar-refractivity contribution in [3.8, 4) is 0 Å². The number of nitrogens with one attached hydrogen (secondary N) is 1. The first-order chi connectivity index (χ1) is 8.18. The van der Waals surface area contributed by atoms with Crippen molar-refractivity contribution in [3.05, 3.63) is 0 Å². The number of nitrogens with zero attached hydrogens (tertiary/aromatic N) is 1. The minimum absolute atomic E-state index is 0. The topological polar surface area (TPSA) is 59.6 Å². The molecule has 1 aliphatic heterocycles. The van der Waals surface area contributed by atoms with E-state index in [-0.39, 0.29) is 29.6 Å². The molecule has 3 N–H and O–H groups in total. The summed E-state index contributed by atoms with van der Waals surface area (Å²) in [4.78, 5) is 4.43. The van der Waals surface area contributed by atoms with E-state index in [0.717, 1.165) is 19.4 Å². The van der Waals surface area contributed by atoms with Gasteiger partial charge < -0.3 is 15.8 Å². The Morgan fingerprint density at radius 2 is 2.06 bits per heavy atom. The van der Waals surface area contributed by atoms with Crippen molar-refractivity contribution >= 4 is 29.9 Å². The quantitative estimate of drug-likeness (QED) is 0.458. The maximum atomic E-state index is 5.92. The van der Waals surface area contributed by atoms with Crippen molar-refractivity contribution in [1.29, 1.82) is 0 Å². The fourth-order valence-corrected chi connectivity index (χ4v) is 2.72. The smallest absolute Gasteiger partial charge is 0.188 e. The van der Waals surface area contributed by atoms with Crippen LogP contribution in [0, 0.1) is 0 Å². The molecule has 0 amide bonds. The van der Waals surface area contributed by atoms with Crippen LogP contribution in [0.4, 0.5) is 0 Å². The van der Waals surface area contributed by atoms with Gasteiger partial charge in [-0.3, -0.25) is 4.99 Å². The molecule has 2 fully saturated rings. The van der Waals surface area contributed by atoms with Crippen molar-refractivity contribution in [2.24, 2.45) is 10.7 Å². The Morgan fingerprint density at radius 1 is 1.33 bits per heavy atom. The van der Waals surface area contributed by atoms with Crippen LogP contribution in [0.2, 0.25) is 0 Å². The van der Waals surface area contributed by atoms with Crippen molar-refractivity contribution in [2.45, 2.75) is 63.5 Å². The number of aliphatic imine (C=N–C) groups is 1. The van der Waals surface area contributed by atoms with Crippen molar-refractivity contribution in [2.75, 3.05) is 13.2 Å². The van der Waals surface area contributed by atoms with Gasteiger partial charge in [-0.05, 0) is 32.6 Å². The number of ether oxygens (including phenoxy) is 1. The number of rotatable bonds is 3. The fourth-order valence-electron chi connectivity index (χ4n) is 2.72. The molecule has 0 bridgehead atoms. The van der Waals surface area contributed by atoms with Crippen LogP contribution >= 0.6 is 24.0 Å². The van der Waals surface area contributed by atoms with Crippen molar-refractivity contribution in [3.63, 3.8) is 0 Å². The number of guanidine groups is 1. The monoisotopic (exact) mass is 367 g/mol. The van der Waals surface area contributed by atoms with Crippen LogP contribution in [0.3, 0.4) is 0 Å². The van der Waals surface area contributed by atoms with E-state index in [9.17, 15) is 0 Å². The summed E-state index contributed by atoms with van der Waals surface area (Å²) in [5, 5.41) is 3.33. The first-order valence-electron chi connectivity index (χ1n) is 6.88. The van der Waals surface area contributed by atoms with Gasteiger partial charge in [0.15, 0.2) is 5.96 Å². The van der Waals surface area contributed by atoms with Gasteiger partial charge in [0.2, 0.25) is 0 Å². The number of hydrogen-bond acceptors (Lipinski definition) is 2. The first-order valence-corrected chi connectivity index (χ1v) is 6.88. The van der Waals surface area contributed by atoms with Gasteiger partial charge in [-0.25, -0.2) is 0 Å².